The minimum atomic E-state index is 0.574. The van der Waals surface area contributed by atoms with Crippen molar-refractivity contribution < 1.29 is 9.47 Å². The molecule has 1 heterocycles. The lowest BCUT2D eigenvalue weighted by Crippen LogP contribution is -2.41. The molecular formula is C12H24N2O2S. The van der Waals surface area contributed by atoms with Crippen LogP contribution in [0.15, 0.2) is 4.99 Å². The van der Waals surface area contributed by atoms with Gasteiger partial charge in [-0.3, -0.25) is 4.99 Å². The molecule has 1 aliphatic rings. The molecule has 0 radical (unpaired) electrons. The van der Waals surface area contributed by atoms with Crippen molar-refractivity contribution in [2.24, 2.45) is 10.9 Å². The fourth-order valence-corrected chi connectivity index (χ4v) is 2.58. The fourth-order valence-electron chi connectivity index (χ4n) is 1.60. The number of methoxy groups -OCH3 is 1. The van der Waals surface area contributed by atoms with Crippen LogP contribution >= 0.6 is 11.8 Å². The van der Waals surface area contributed by atoms with Crippen LogP contribution in [0.25, 0.3) is 0 Å². The molecule has 0 bridgehead atoms. The highest BCUT2D eigenvalue weighted by molar-refractivity contribution is 8.13. The van der Waals surface area contributed by atoms with Crippen molar-refractivity contribution in [3.8, 4) is 0 Å². The average molecular weight is 260 g/mol. The van der Waals surface area contributed by atoms with Crippen LogP contribution in [0.3, 0.4) is 0 Å². The summed E-state index contributed by atoms with van der Waals surface area (Å²) in [7, 11) is 1.68. The normalized spacial score (nSPS) is 23.1. The molecule has 1 rings (SSSR count). The van der Waals surface area contributed by atoms with Crippen LogP contribution in [0, 0.1) is 5.92 Å². The number of amidine groups is 1. The van der Waals surface area contributed by atoms with E-state index in [4.69, 9.17) is 9.47 Å². The van der Waals surface area contributed by atoms with Gasteiger partial charge in [-0.15, -0.1) is 0 Å². The molecule has 1 unspecified atom stereocenters. The minimum absolute atomic E-state index is 0.574. The third-order valence-electron chi connectivity index (χ3n) is 2.70. The van der Waals surface area contributed by atoms with Gasteiger partial charge in [0.1, 0.15) is 0 Å². The van der Waals surface area contributed by atoms with E-state index in [-0.39, 0.29) is 0 Å². The zero-order valence-corrected chi connectivity index (χ0v) is 11.9. The standard InChI is InChI=1S/C12H24N2O2S/c1-10(2)11-4-9-17-12(14-11)13-5-6-16-8-7-15-3/h10-11H,4-9H2,1-3H3,(H,13,14). The van der Waals surface area contributed by atoms with Crippen LogP contribution in [0.2, 0.25) is 0 Å². The Hall–Kier alpha value is -0.260. The van der Waals surface area contributed by atoms with E-state index in [0.29, 0.717) is 31.8 Å². The minimum Gasteiger partial charge on any atom is -0.382 e. The number of rotatable bonds is 7. The number of nitrogens with zero attached hydrogens (tertiary/aromatic N) is 1. The molecule has 4 nitrogen and oxygen atoms in total. The van der Waals surface area contributed by atoms with Crippen molar-refractivity contribution >= 4 is 16.9 Å². The van der Waals surface area contributed by atoms with Gasteiger partial charge in [-0.05, 0) is 12.3 Å². The van der Waals surface area contributed by atoms with Crippen molar-refractivity contribution in [1.29, 1.82) is 0 Å². The number of aliphatic imine (C=N–C) groups is 1. The maximum Gasteiger partial charge on any atom is 0.156 e. The van der Waals surface area contributed by atoms with E-state index in [1.807, 2.05) is 11.8 Å². The molecule has 17 heavy (non-hydrogen) atoms. The summed E-state index contributed by atoms with van der Waals surface area (Å²) < 4.78 is 10.3. The van der Waals surface area contributed by atoms with Gasteiger partial charge in [0.05, 0.1) is 26.4 Å². The SMILES string of the molecule is COCCOCCN=C1NC(C(C)C)CCS1. The van der Waals surface area contributed by atoms with Crippen LogP contribution < -0.4 is 5.32 Å². The molecule has 0 saturated carbocycles. The molecule has 0 aliphatic carbocycles. The highest BCUT2D eigenvalue weighted by Crippen LogP contribution is 2.18. The molecule has 0 spiro atoms. The lowest BCUT2D eigenvalue weighted by atomic mass is 10.0. The van der Waals surface area contributed by atoms with Crippen molar-refractivity contribution in [1.82, 2.24) is 5.32 Å². The van der Waals surface area contributed by atoms with Crippen molar-refractivity contribution in [2.75, 3.05) is 39.2 Å². The molecule has 1 aliphatic heterocycles. The molecule has 0 aromatic heterocycles. The Morgan fingerprint density at radius 1 is 1.41 bits per heavy atom. The molecule has 1 saturated heterocycles. The van der Waals surface area contributed by atoms with E-state index in [1.165, 1.54) is 12.2 Å². The predicted octanol–water partition coefficient (Wildman–Crippen LogP) is 1.76. The molecule has 1 fully saturated rings. The Balaban J connectivity index is 2.15. The number of hydrogen-bond donors (Lipinski definition) is 1. The maximum absolute atomic E-state index is 5.37. The predicted molar refractivity (Wildman–Crippen MR) is 73.8 cm³/mol. The molecule has 0 aromatic carbocycles. The van der Waals surface area contributed by atoms with Crippen LogP contribution in [-0.4, -0.2) is 50.4 Å². The van der Waals surface area contributed by atoms with Crippen LogP contribution in [0.5, 0.6) is 0 Å². The molecule has 5 heteroatoms. The highest BCUT2D eigenvalue weighted by atomic mass is 32.2. The van der Waals surface area contributed by atoms with Gasteiger partial charge < -0.3 is 14.8 Å². The van der Waals surface area contributed by atoms with E-state index < -0.39 is 0 Å². The smallest absolute Gasteiger partial charge is 0.156 e. The molecule has 1 atom stereocenters. The molecule has 0 aromatic rings. The first-order valence-corrected chi connectivity index (χ1v) is 7.23. The van der Waals surface area contributed by atoms with Crippen molar-refractivity contribution in [3.63, 3.8) is 0 Å². The average Bonchev–Trinajstić information content (AvgIpc) is 2.34. The second-order valence-electron chi connectivity index (χ2n) is 4.42. The largest absolute Gasteiger partial charge is 0.382 e. The molecule has 1 N–H and O–H groups in total. The Bertz CT molecular complexity index is 235. The second kappa shape index (κ2) is 8.78. The molecular weight excluding hydrogens is 236 g/mol. The topological polar surface area (TPSA) is 42.9 Å². The van der Waals surface area contributed by atoms with E-state index in [2.05, 4.69) is 24.2 Å². The first kappa shape index (κ1) is 14.8. The summed E-state index contributed by atoms with van der Waals surface area (Å²) in [5.74, 6) is 1.83. The maximum atomic E-state index is 5.37. The van der Waals surface area contributed by atoms with Gasteiger partial charge >= 0.3 is 0 Å². The first-order valence-electron chi connectivity index (χ1n) is 6.24. The van der Waals surface area contributed by atoms with Crippen LogP contribution in [-0.2, 0) is 9.47 Å². The van der Waals surface area contributed by atoms with E-state index >= 15 is 0 Å². The zero-order valence-electron chi connectivity index (χ0n) is 11.1. The van der Waals surface area contributed by atoms with Crippen LogP contribution in [0.1, 0.15) is 20.3 Å². The Morgan fingerprint density at radius 2 is 2.24 bits per heavy atom. The summed E-state index contributed by atoms with van der Waals surface area (Å²) in [6, 6.07) is 0.574. The second-order valence-corrected chi connectivity index (χ2v) is 5.51. The summed E-state index contributed by atoms with van der Waals surface area (Å²) in [4.78, 5) is 4.52. The summed E-state index contributed by atoms with van der Waals surface area (Å²) in [6.45, 7) is 7.19. The lowest BCUT2D eigenvalue weighted by molar-refractivity contribution is 0.0748. The van der Waals surface area contributed by atoms with E-state index in [0.717, 1.165) is 11.7 Å². The lowest BCUT2D eigenvalue weighted by Gasteiger charge is -2.28. The monoisotopic (exact) mass is 260 g/mol. The van der Waals surface area contributed by atoms with Gasteiger partial charge in [0.15, 0.2) is 5.17 Å². The number of nitrogens with one attached hydrogen (secondary N) is 1. The Kier molecular flexibility index (Phi) is 7.64. The van der Waals surface area contributed by atoms with Gasteiger partial charge in [-0.2, -0.15) is 0 Å². The first-order chi connectivity index (χ1) is 8.24. The van der Waals surface area contributed by atoms with Gasteiger partial charge in [-0.25, -0.2) is 0 Å². The van der Waals surface area contributed by atoms with Gasteiger partial charge in [0.2, 0.25) is 0 Å². The number of ether oxygens (including phenoxy) is 2. The summed E-state index contributed by atoms with van der Waals surface area (Å²) in [5, 5.41) is 4.56. The Labute approximate surface area is 109 Å². The van der Waals surface area contributed by atoms with Crippen LogP contribution in [0.4, 0.5) is 0 Å². The summed E-state index contributed by atoms with van der Waals surface area (Å²) >= 11 is 1.81. The zero-order chi connectivity index (χ0) is 12.5. The van der Waals surface area contributed by atoms with Gasteiger partial charge in [0.25, 0.3) is 0 Å². The third kappa shape index (κ3) is 6.29. The van der Waals surface area contributed by atoms with E-state index in [1.54, 1.807) is 7.11 Å². The molecule has 100 valence electrons. The quantitative estimate of drug-likeness (QED) is 0.708. The fraction of sp³-hybridized carbons (Fsp3) is 0.917. The van der Waals surface area contributed by atoms with Gasteiger partial charge in [-0.1, -0.05) is 25.6 Å². The van der Waals surface area contributed by atoms with Crippen molar-refractivity contribution in [2.45, 2.75) is 26.3 Å². The van der Waals surface area contributed by atoms with Crippen molar-refractivity contribution in [3.05, 3.63) is 0 Å². The van der Waals surface area contributed by atoms with Gasteiger partial charge in [0, 0.05) is 18.9 Å². The Morgan fingerprint density at radius 3 is 2.94 bits per heavy atom. The number of thioether (sulfide) groups is 1. The number of hydrogen-bond acceptors (Lipinski definition) is 4. The summed E-state index contributed by atoms with van der Waals surface area (Å²) in [5.41, 5.74) is 0. The summed E-state index contributed by atoms with van der Waals surface area (Å²) in [6.07, 6.45) is 1.23. The van der Waals surface area contributed by atoms with E-state index in [9.17, 15) is 0 Å². The highest BCUT2D eigenvalue weighted by Gasteiger charge is 2.19. The molecule has 0 amide bonds. The third-order valence-corrected chi connectivity index (χ3v) is 3.66.